The average molecular weight is 464 g/mol. The van der Waals surface area contributed by atoms with E-state index >= 15 is 4.39 Å². The van der Waals surface area contributed by atoms with Crippen LogP contribution in [0.1, 0.15) is 36.5 Å². The fourth-order valence-corrected chi connectivity index (χ4v) is 3.27. The van der Waals surface area contributed by atoms with Gasteiger partial charge in [0.15, 0.2) is 11.6 Å². The molecule has 3 nitrogen and oxygen atoms in total. The summed E-state index contributed by atoms with van der Waals surface area (Å²) in [5.74, 6) is -9.02. The lowest BCUT2D eigenvalue weighted by molar-refractivity contribution is -0.189. The Labute approximate surface area is 185 Å². The van der Waals surface area contributed by atoms with Gasteiger partial charge in [0.1, 0.15) is 40.4 Å². The summed E-state index contributed by atoms with van der Waals surface area (Å²) in [7, 11) is 0. The number of nitriles is 1. The second-order valence-electron chi connectivity index (χ2n) is 7.21. The summed E-state index contributed by atoms with van der Waals surface area (Å²) >= 11 is 0. The van der Waals surface area contributed by atoms with Crippen LogP contribution in [0.3, 0.4) is 0 Å². The van der Waals surface area contributed by atoms with Crippen LogP contribution in [0.15, 0.2) is 42.5 Å². The number of rotatable bonds is 7. The van der Waals surface area contributed by atoms with Crippen molar-refractivity contribution in [1.29, 1.82) is 5.26 Å². The maximum Gasteiger partial charge on any atom is 0.432 e. The Morgan fingerprint density at radius 3 is 2.12 bits per heavy atom. The Hall–Kier alpha value is -3.67. The second kappa shape index (κ2) is 9.45. The molecule has 0 saturated heterocycles. The Morgan fingerprint density at radius 1 is 0.970 bits per heavy atom. The summed E-state index contributed by atoms with van der Waals surface area (Å²) < 4.78 is 90.5. The largest absolute Gasteiger partial charge is 0.432 e. The van der Waals surface area contributed by atoms with E-state index in [2.05, 4.69) is 4.74 Å². The van der Waals surface area contributed by atoms with Crippen molar-refractivity contribution < 1.29 is 36.2 Å². The van der Waals surface area contributed by atoms with Crippen LogP contribution in [0.25, 0.3) is 11.1 Å². The number of hydrogen-bond acceptors (Lipinski definition) is 2. The Balaban J connectivity index is 2.04. The number of aryl methyl sites for hydroxylation is 1. The first kappa shape index (κ1) is 24.0. The van der Waals surface area contributed by atoms with Gasteiger partial charge in [0.2, 0.25) is 0 Å². The molecule has 0 saturated carbocycles. The van der Waals surface area contributed by atoms with Gasteiger partial charge in [-0.05, 0) is 24.0 Å². The van der Waals surface area contributed by atoms with E-state index < -0.39 is 57.6 Å². The molecule has 0 aromatic heterocycles. The molecule has 0 aliphatic rings. The maximum atomic E-state index is 15.1. The quantitative estimate of drug-likeness (QED) is 0.342. The van der Waals surface area contributed by atoms with Crippen molar-refractivity contribution in [2.24, 2.45) is 0 Å². The molecule has 171 valence electrons. The minimum atomic E-state index is -4.75. The average Bonchev–Trinajstić information content (AvgIpc) is 2.72. The molecule has 0 aliphatic heterocycles. The lowest BCUT2D eigenvalue weighted by atomic mass is 9.97. The summed E-state index contributed by atoms with van der Waals surface area (Å²) in [6, 6.07) is 7.87. The van der Waals surface area contributed by atoms with Gasteiger partial charge in [-0.2, -0.15) is 14.0 Å². The summed E-state index contributed by atoms with van der Waals surface area (Å²) in [4.78, 5) is 0. The zero-order valence-corrected chi connectivity index (χ0v) is 17.2. The lowest BCUT2D eigenvalue weighted by Gasteiger charge is -2.21. The Morgan fingerprint density at radius 2 is 1.58 bits per heavy atom. The van der Waals surface area contributed by atoms with Crippen LogP contribution in [-0.4, -0.2) is 0 Å². The predicted molar refractivity (Wildman–Crippen MR) is 106 cm³/mol. The number of hydrogen-bond donors (Lipinski definition) is 0. The molecule has 33 heavy (non-hydrogen) atoms. The van der Waals surface area contributed by atoms with Crippen molar-refractivity contribution in [3.63, 3.8) is 0 Å². The molecule has 3 aromatic rings. The van der Waals surface area contributed by atoms with Crippen LogP contribution in [0.2, 0.25) is 0 Å². The third-order valence-electron chi connectivity index (χ3n) is 4.91. The van der Waals surface area contributed by atoms with Gasteiger partial charge in [0.05, 0.1) is 5.56 Å². The molecular formula is C24H16F6NO2. The Bertz CT molecular complexity index is 1200. The van der Waals surface area contributed by atoms with Crippen LogP contribution in [-0.2, 0) is 17.6 Å². The molecule has 0 atom stereocenters. The van der Waals surface area contributed by atoms with Crippen LogP contribution in [0, 0.1) is 34.6 Å². The number of benzene rings is 3. The topological polar surface area (TPSA) is 52.9 Å². The van der Waals surface area contributed by atoms with Gasteiger partial charge in [0, 0.05) is 18.2 Å². The van der Waals surface area contributed by atoms with Gasteiger partial charge in [0.25, 0.3) is 0 Å². The minimum absolute atomic E-state index is 0.0507. The van der Waals surface area contributed by atoms with E-state index in [0.29, 0.717) is 0 Å². The highest BCUT2D eigenvalue weighted by Gasteiger charge is 2.43. The van der Waals surface area contributed by atoms with E-state index in [1.165, 1.54) is 18.2 Å². The van der Waals surface area contributed by atoms with E-state index in [-0.39, 0.29) is 23.8 Å². The van der Waals surface area contributed by atoms with Crippen molar-refractivity contribution >= 4 is 0 Å². The number of halogens is 6. The van der Waals surface area contributed by atoms with Crippen LogP contribution in [0.4, 0.5) is 26.3 Å². The van der Waals surface area contributed by atoms with Crippen LogP contribution in [0.5, 0.6) is 11.5 Å². The SMILES string of the molecule is CCCCc1ccc(-c2c([O])cc(F)c(C(F)(F)Oc3cc(F)c(C#N)c(F)c3)c2F)cc1. The molecule has 0 amide bonds. The highest BCUT2D eigenvalue weighted by Crippen LogP contribution is 2.42. The van der Waals surface area contributed by atoms with Gasteiger partial charge in [-0.3, -0.25) is 5.11 Å². The van der Waals surface area contributed by atoms with Gasteiger partial charge in [-0.1, -0.05) is 37.6 Å². The van der Waals surface area contributed by atoms with Crippen molar-refractivity contribution in [2.45, 2.75) is 32.3 Å². The molecule has 0 N–H and O–H groups in total. The van der Waals surface area contributed by atoms with Gasteiger partial charge in [-0.15, -0.1) is 0 Å². The number of alkyl halides is 2. The number of unbranched alkanes of at least 4 members (excludes halogenated alkanes) is 1. The molecule has 3 aromatic carbocycles. The van der Waals surface area contributed by atoms with E-state index in [1.807, 2.05) is 6.92 Å². The number of ether oxygens (including phenoxy) is 1. The van der Waals surface area contributed by atoms with E-state index in [1.54, 1.807) is 12.1 Å². The van der Waals surface area contributed by atoms with E-state index in [0.717, 1.165) is 24.8 Å². The van der Waals surface area contributed by atoms with Gasteiger partial charge >= 0.3 is 6.11 Å². The second-order valence-corrected chi connectivity index (χ2v) is 7.21. The lowest BCUT2D eigenvalue weighted by Crippen LogP contribution is -2.25. The number of nitrogens with zero attached hydrogens (tertiary/aromatic N) is 1. The fourth-order valence-electron chi connectivity index (χ4n) is 3.27. The highest BCUT2D eigenvalue weighted by atomic mass is 19.3. The van der Waals surface area contributed by atoms with Crippen LogP contribution >= 0.6 is 0 Å². The normalized spacial score (nSPS) is 11.3. The fraction of sp³-hybridized carbons (Fsp3) is 0.208. The Kier molecular flexibility index (Phi) is 6.86. The summed E-state index contributed by atoms with van der Waals surface area (Å²) in [5, 5.41) is 20.9. The monoisotopic (exact) mass is 464 g/mol. The molecular weight excluding hydrogens is 448 g/mol. The molecule has 0 spiro atoms. The summed E-state index contributed by atoms with van der Waals surface area (Å²) in [6.07, 6.45) is -2.20. The van der Waals surface area contributed by atoms with Crippen molar-refractivity contribution in [3.8, 4) is 28.7 Å². The maximum absolute atomic E-state index is 15.1. The van der Waals surface area contributed by atoms with Crippen molar-refractivity contribution in [3.05, 3.63) is 82.4 Å². The van der Waals surface area contributed by atoms with E-state index in [9.17, 15) is 27.1 Å². The van der Waals surface area contributed by atoms with Gasteiger partial charge in [-0.25, -0.2) is 17.6 Å². The molecule has 0 bridgehead atoms. The summed E-state index contributed by atoms with van der Waals surface area (Å²) in [5.41, 5.74) is -2.89. The molecule has 0 unspecified atom stereocenters. The third kappa shape index (κ3) is 4.90. The van der Waals surface area contributed by atoms with Crippen LogP contribution < -0.4 is 4.74 Å². The first-order chi connectivity index (χ1) is 15.6. The third-order valence-corrected chi connectivity index (χ3v) is 4.91. The van der Waals surface area contributed by atoms with E-state index in [4.69, 9.17) is 5.26 Å². The predicted octanol–water partition coefficient (Wildman–Crippen LogP) is 7.40. The van der Waals surface area contributed by atoms with Gasteiger partial charge < -0.3 is 4.74 Å². The summed E-state index contributed by atoms with van der Waals surface area (Å²) in [6.45, 7) is 2.00. The van der Waals surface area contributed by atoms with Crippen molar-refractivity contribution in [2.75, 3.05) is 0 Å². The minimum Gasteiger partial charge on any atom is -0.429 e. The first-order valence-electron chi connectivity index (χ1n) is 9.83. The molecule has 0 heterocycles. The zero-order chi connectivity index (χ0) is 24.3. The standard InChI is InChI=1S/C24H16F6NO2/c1-2-3-4-13-5-7-14(8-6-13)21-20(32)11-19(27)22(23(21)28)24(29,30)33-15-9-17(25)16(12-31)18(26)10-15/h5-11H,2-4H2,1H3. The molecule has 0 aliphatic carbocycles. The zero-order valence-electron chi connectivity index (χ0n) is 17.2. The first-order valence-corrected chi connectivity index (χ1v) is 9.83. The smallest absolute Gasteiger partial charge is 0.429 e. The highest BCUT2D eigenvalue weighted by molar-refractivity contribution is 5.72. The molecule has 1 radical (unpaired) electrons. The van der Waals surface area contributed by atoms with Crippen molar-refractivity contribution in [1.82, 2.24) is 0 Å². The molecule has 9 heteroatoms. The molecule has 0 fully saturated rings. The molecule has 3 rings (SSSR count).